The van der Waals surface area contributed by atoms with Gasteiger partial charge in [0.15, 0.2) is 0 Å². The minimum absolute atomic E-state index is 0.270. The number of benzene rings is 2. The summed E-state index contributed by atoms with van der Waals surface area (Å²) in [7, 11) is 1.43. The average Bonchev–Trinajstić information content (AvgIpc) is 3.16. The molecule has 0 amide bonds. The fourth-order valence-corrected chi connectivity index (χ4v) is 4.74. The molecule has 3 nitrogen and oxygen atoms in total. The van der Waals surface area contributed by atoms with Crippen LogP contribution in [0.2, 0.25) is 0 Å². The summed E-state index contributed by atoms with van der Waals surface area (Å²) in [6.45, 7) is 2.61. The topological polar surface area (TPSA) is 29.5 Å². The fourth-order valence-electron chi connectivity index (χ4n) is 3.70. The lowest BCUT2D eigenvalue weighted by molar-refractivity contribution is 0.0598. The van der Waals surface area contributed by atoms with Crippen molar-refractivity contribution in [3.05, 3.63) is 93.2 Å². The monoisotopic (exact) mass is 363 g/mol. The van der Waals surface area contributed by atoms with Crippen molar-refractivity contribution < 1.29 is 9.53 Å². The Morgan fingerprint density at radius 2 is 1.88 bits per heavy atom. The molecule has 0 aliphatic carbocycles. The van der Waals surface area contributed by atoms with Crippen molar-refractivity contribution >= 4 is 17.3 Å². The van der Waals surface area contributed by atoms with E-state index in [-0.39, 0.29) is 5.97 Å². The molecule has 0 fully saturated rings. The number of esters is 1. The molecule has 132 valence electrons. The Kier molecular flexibility index (Phi) is 4.87. The Labute approximate surface area is 157 Å². The zero-order valence-electron chi connectivity index (χ0n) is 14.7. The number of hydrogen-bond acceptors (Lipinski definition) is 4. The highest BCUT2D eigenvalue weighted by molar-refractivity contribution is 7.10. The van der Waals surface area contributed by atoms with Gasteiger partial charge < -0.3 is 4.74 Å². The lowest BCUT2D eigenvalue weighted by atomic mass is 9.91. The second-order valence-corrected chi connectivity index (χ2v) is 7.54. The molecular formula is C22H21NO2S. The molecule has 3 aromatic rings. The highest BCUT2D eigenvalue weighted by atomic mass is 32.1. The largest absolute Gasteiger partial charge is 0.465 e. The molecule has 1 aliphatic rings. The molecular weight excluding hydrogens is 342 g/mol. The normalized spacial score (nSPS) is 16.9. The van der Waals surface area contributed by atoms with Gasteiger partial charge in [0, 0.05) is 30.4 Å². The van der Waals surface area contributed by atoms with E-state index in [0.29, 0.717) is 11.5 Å². The molecule has 26 heavy (non-hydrogen) atoms. The zero-order valence-corrected chi connectivity index (χ0v) is 15.5. The predicted molar refractivity (Wildman–Crippen MR) is 104 cm³/mol. The number of thiophene rings is 1. The molecule has 1 aliphatic heterocycles. The molecule has 0 saturated heterocycles. The van der Waals surface area contributed by atoms with Gasteiger partial charge in [0.1, 0.15) is 0 Å². The molecule has 1 atom stereocenters. The minimum atomic E-state index is -0.270. The molecule has 0 spiro atoms. The van der Waals surface area contributed by atoms with Gasteiger partial charge in [0.2, 0.25) is 0 Å². The highest BCUT2D eigenvalue weighted by Gasteiger charge is 2.28. The molecule has 2 aromatic carbocycles. The number of carbonyl (C=O) groups excluding carboxylic acids is 1. The predicted octanol–water partition coefficient (Wildman–Crippen LogP) is 4.68. The maximum Gasteiger partial charge on any atom is 0.338 e. The van der Waals surface area contributed by atoms with Crippen molar-refractivity contribution in [2.75, 3.05) is 13.7 Å². The SMILES string of the molecule is COC(=O)c1ccccc1CN1Cc2ccsc2C(c2ccccc2)C1. The highest BCUT2D eigenvalue weighted by Crippen LogP contribution is 2.37. The van der Waals surface area contributed by atoms with Crippen LogP contribution in [0.4, 0.5) is 0 Å². The quantitative estimate of drug-likeness (QED) is 0.630. The summed E-state index contributed by atoms with van der Waals surface area (Å²) in [5.41, 5.74) is 4.42. The molecule has 1 aromatic heterocycles. The third-order valence-corrected chi connectivity index (χ3v) is 6.02. The van der Waals surface area contributed by atoms with Crippen LogP contribution in [0.25, 0.3) is 0 Å². The van der Waals surface area contributed by atoms with Gasteiger partial charge in [-0.2, -0.15) is 0 Å². The van der Waals surface area contributed by atoms with Crippen LogP contribution in [-0.2, 0) is 17.8 Å². The van der Waals surface area contributed by atoms with Gasteiger partial charge in [0.05, 0.1) is 12.7 Å². The van der Waals surface area contributed by atoms with Gasteiger partial charge in [-0.05, 0) is 34.2 Å². The van der Waals surface area contributed by atoms with Crippen LogP contribution < -0.4 is 0 Å². The molecule has 2 heterocycles. The van der Waals surface area contributed by atoms with Crippen molar-refractivity contribution in [2.24, 2.45) is 0 Å². The molecule has 0 saturated carbocycles. The van der Waals surface area contributed by atoms with E-state index in [1.807, 2.05) is 35.6 Å². The van der Waals surface area contributed by atoms with Crippen LogP contribution in [0.1, 0.15) is 37.8 Å². The van der Waals surface area contributed by atoms with Crippen molar-refractivity contribution in [3.63, 3.8) is 0 Å². The number of nitrogens with zero attached hydrogens (tertiary/aromatic N) is 1. The summed E-state index contributed by atoms with van der Waals surface area (Å²) < 4.78 is 4.94. The minimum Gasteiger partial charge on any atom is -0.465 e. The van der Waals surface area contributed by atoms with Crippen molar-refractivity contribution in [2.45, 2.75) is 19.0 Å². The Bertz CT molecular complexity index is 903. The maximum atomic E-state index is 12.1. The van der Waals surface area contributed by atoms with E-state index in [9.17, 15) is 4.79 Å². The third-order valence-electron chi connectivity index (χ3n) is 4.95. The van der Waals surface area contributed by atoms with E-state index in [2.05, 4.69) is 46.7 Å². The Morgan fingerprint density at radius 3 is 2.69 bits per heavy atom. The number of carbonyl (C=O) groups is 1. The second-order valence-electron chi connectivity index (χ2n) is 6.59. The Balaban J connectivity index is 1.63. The summed E-state index contributed by atoms with van der Waals surface area (Å²) >= 11 is 1.85. The first-order valence-electron chi connectivity index (χ1n) is 8.76. The van der Waals surface area contributed by atoms with Crippen LogP contribution in [0.15, 0.2) is 66.0 Å². The molecule has 4 heteroatoms. The Hall–Kier alpha value is -2.43. The molecule has 0 N–H and O–H groups in total. The van der Waals surface area contributed by atoms with Crippen LogP contribution in [0.5, 0.6) is 0 Å². The zero-order chi connectivity index (χ0) is 17.9. The molecule has 0 radical (unpaired) electrons. The van der Waals surface area contributed by atoms with Gasteiger partial charge >= 0.3 is 5.97 Å². The van der Waals surface area contributed by atoms with Gasteiger partial charge in [-0.15, -0.1) is 11.3 Å². The van der Waals surface area contributed by atoms with Crippen LogP contribution >= 0.6 is 11.3 Å². The van der Waals surface area contributed by atoms with Crippen molar-refractivity contribution in [3.8, 4) is 0 Å². The summed E-state index contributed by atoms with van der Waals surface area (Å²) in [6, 6.07) is 20.7. The lowest BCUT2D eigenvalue weighted by Gasteiger charge is -2.33. The molecule has 0 bridgehead atoms. The van der Waals surface area contributed by atoms with Gasteiger partial charge in [-0.1, -0.05) is 48.5 Å². The third kappa shape index (κ3) is 3.30. The number of hydrogen-bond donors (Lipinski definition) is 0. The van der Waals surface area contributed by atoms with Crippen molar-refractivity contribution in [1.29, 1.82) is 0 Å². The summed E-state index contributed by atoms with van der Waals surface area (Å²) in [4.78, 5) is 16.0. The standard InChI is InChI=1S/C22H21NO2S/c1-25-22(24)19-10-6-5-9-17(19)13-23-14-18-11-12-26-21(18)20(15-23)16-7-3-2-4-8-16/h2-12,20H,13-15H2,1H3. The van der Waals surface area contributed by atoms with Crippen molar-refractivity contribution in [1.82, 2.24) is 4.90 Å². The number of rotatable bonds is 4. The van der Waals surface area contributed by atoms with E-state index < -0.39 is 0 Å². The number of methoxy groups -OCH3 is 1. The molecule has 4 rings (SSSR count). The lowest BCUT2D eigenvalue weighted by Crippen LogP contribution is -2.33. The maximum absolute atomic E-state index is 12.1. The second kappa shape index (κ2) is 7.44. The summed E-state index contributed by atoms with van der Waals surface area (Å²) in [5, 5.41) is 2.19. The van der Waals surface area contributed by atoms with Gasteiger partial charge in [-0.3, -0.25) is 4.90 Å². The summed E-state index contributed by atoms with van der Waals surface area (Å²) in [6.07, 6.45) is 0. The first-order valence-corrected chi connectivity index (χ1v) is 9.64. The number of fused-ring (bicyclic) bond motifs is 1. The van der Waals surface area contributed by atoms with E-state index in [1.165, 1.54) is 23.1 Å². The van der Waals surface area contributed by atoms with Gasteiger partial charge in [-0.25, -0.2) is 4.79 Å². The van der Waals surface area contributed by atoms with E-state index in [1.54, 1.807) is 0 Å². The Morgan fingerprint density at radius 1 is 1.12 bits per heavy atom. The first kappa shape index (κ1) is 17.0. The smallest absolute Gasteiger partial charge is 0.338 e. The van der Waals surface area contributed by atoms with E-state index in [4.69, 9.17) is 4.74 Å². The van der Waals surface area contributed by atoms with E-state index in [0.717, 1.165) is 25.2 Å². The van der Waals surface area contributed by atoms with Crippen LogP contribution in [-0.4, -0.2) is 24.5 Å². The van der Waals surface area contributed by atoms with Crippen LogP contribution in [0.3, 0.4) is 0 Å². The summed E-state index contributed by atoms with van der Waals surface area (Å²) in [5.74, 6) is 0.110. The van der Waals surface area contributed by atoms with E-state index >= 15 is 0 Å². The fraction of sp³-hybridized carbons (Fsp3) is 0.227. The number of ether oxygens (including phenoxy) is 1. The first-order chi connectivity index (χ1) is 12.8. The average molecular weight is 363 g/mol. The molecule has 1 unspecified atom stereocenters. The van der Waals surface area contributed by atoms with Gasteiger partial charge in [0.25, 0.3) is 0 Å². The van der Waals surface area contributed by atoms with Crippen LogP contribution in [0, 0.1) is 0 Å².